The van der Waals surface area contributed by atoms with Gasteiger partial charge in [0.2, 0.25) is 5.91 Å². The van der Waals surface area contributed by atoms with Crippen molar-refractivity contribution in [1.82, 2.24) is 4.57 Å². The van der Waals surface area contributed by atoms with Crippen LogP contribution in [-0.4, -0.2) is 10.5 Å². The summed E-state index contributed by atoms with van der Waals surface area (Å²) in [5, 5.41) is 3.14. The summed E-state index contributed by atoms with van der Waals surface area (Å²) in [5.41, 5.74) is 10.6. The van der Waals surface area contributed by atoms with Gasteiger partial charge in [-0.1, -0.05) is 54.7 Å². The molecule has 4 rings (SSSR count). The Balaban J connectivity index is 1.98. The van der Waals surface area contributed by atoms with E-state index in [2.05, 4.69) is 29.7 Å². The molecule has 0 fully saturated rings. The number of hydrogen-bond acceptors (Lipinski definition) is 1. The standard InChI is InChI=1S/C24H22Cl2N2O/c1-2-3-5-15-8-9-19-22(12-15)28(14-16-10-17(25)13-18(26)11-16)21-7-4-6-20(23(19)21)24(27)29/h4,6-13H,2-3,5,14H2,1H3,(H2,27,29). The number of hydrogen-bond donors (Lipinski definition) is 1. The highest BCUT2D eigenvalue weighted by Gasteiger charge is 2.17. The Morgan fingerprint density at radius 3 is 2.41 bits per heavy atom. The summed E-state index contributed by atoms with van der Waals surface area (Å²) in [6.45, 7) is 2.79. The smallest absolute Gasteiger partial charge is 0.249 e. The van der Waals surface area contributed by atoms with Gasteiger partial charge in [0.05, 0.1) is 5.52 Å². The van der Waals surface area contributed by atoms with E-state index in [0.29, 0.717) is 22.2 Å². The molecule has 3 nitrogen and oxygen atoms in total. The van der Waals surface area contributed by atoms with E-state index < -0.39 is 5.91 Å². The van der Waals surface area contributed by atoms with Crippen molar-refractivity contribution in [3.8, 4) is 0 Å². The minimum atomic E-state index is -0.421. The average Bonchev–Trinajstić information content (AvgIpc) is 2.99. The number of aromatic nitrogens is 1. The number of nitrogens with zero attached hydrogens (tertiary/aromatic N) is 1. The van der Waals surface area contributed by atoms with Gasteiger partial charge in [-0.2, -0.15) is 0 Å². The summed E-state index contributed by atoms with van der Waals surface area (Å²) in [4.78, 5) is 12.1. The van der Waals surface area contributed by atoms with E-state index in [4.69, 9.17) is 28.9 Å². The number of amides is 1. The van der Waals surface area contributed by atoms with Crippen LogP contribution in [0.4, 0.5) is 0 Å². The molecule has 0 bridgehead atoms. The van der Waals surface area contributed by atoms with E-state index in [-0.39, 0.29) is 0 Å². The van der Waals surface area contributed by atoms with E-state index in [1.807, 2.05) is 24.3 Å². The third-order valence-electron chi connectivity index (χ3n) is 5.30. The fraction of sp³-hybridized carbons (Fsp3) is 0.208. The molecule has 0 saturated heterocycles. The Hall–Kier alpha value is -2.49. The molecule has 4 aromatic rings. The highest BCUT2D eigenvalue weighted by molar-refractivity contribution is 6.34. The number of halogens is 2. The fourth-order valence-corrected chi connectivity index (χ4v) is 4.56. The van der Waals surface area contributed by atoms with Crippen LogP contribution in [0, 0.1) is 0 Å². The molecule has 148 valence electrons. The van der Waals surface area contributed by atoms with Crippen molar-refractivity contribution in [1.29, 1.82) is 0 Å². The van der Waals surface area contributed by atoms with Gasteiger partial charge in [0.1, 0.15) is 0 Å². The van der Waals surface area contributed by atoms with Crippen LogP contribution in [-0.2, 0) is 13.0 Å². The van der Waals surface area contributed by atoms with E-state index in [1.54, 1.807) is 12.1 Å². The molecule has 0 aliphatic carbocycles. The van der Waals surface area contributed by atoms with Gasteiger partial charge in [0, 0.05) is 38.4 Å². The van der Waals surface area contributed by atoms with E-state index in [1.165, 1.54) is 5.56 Å². The van der Waals surface area contributed by atoms with Crippen molar-refractivity contribution in [2.45, 2.75) is 32.7 Å². The van der Waals surface area contributed by atoms with Crippen LogP contribution in [0.3, 0.4) is 0 Å². The third kappa shape index (κ3) is 3.85. The van der Waals surface area contributed by atoms with Gasteiger partial charge in [-0.3, -0.25) is 4.79 Å². The molecule has 0 radical (unpaired) electrons. The molecule has 3 aromatic carbocycles. The Bertz CT molecular complexity index is 1210. The lowest BCUT2D eigenvalue weighted by Gasteiger charge is -2.10. The molecule has 1 amide bonds. The maximum atomic E-state index is 12.1. The van der Waals surface area contributed by atoms with E-state index in [0.717, 1.165) is 46.6 Å². The zero-order chi connectivity index (χ0) is 20.5. The van der Waals surface area contributed by atoms with Crippen LogP contribution in [0.25, 0.3) is 21.8 Å². The first-order valence-electron chi connectivity index (χ1n) is 9.76. The van der Waals surface area contributed by atoms with Gasteiger partial charge in [0.15, 0.2) is 0 Å². The second kappa shape index (κ2) is 8.10. The highest BCUT2D eigenvalue weighted by Crippen LogP contribution is 2.33. The van der Waals surface area contributed by atoms with Crippen molar-refractivity contribution in [2.24, 2.45) is 5.73 Å². The van der Waals surface area contributed by atoms with E-state index >= 15 is 0 Å². The van der Waals surface area contributed by atoms with Crippen molar-refractivity contribution in [3.63, 3.8) is 0 Å². The second-order valence-electron chi connectivity index (χ2n) is 7.38. The Morgan fingerprint density at radius 1 is 0.966 bits per heavy atom. The zero-order valence-corrected chi connectivity index (χ0v) is 17.7. The normalized spacial score (nSPS) is 11.4. The largest absolute Gasteiger partial charge is 0.366 e. The molecule has 1 heterocycles. The number of primary amides is 1. The summed E-state index contributed by atoms with van der Waals surface area (Å²) >= 11 is 12.4. The summed E-state index contributed by atoms with van der Waals surface area (Å²) < 4.78 is 2.22. The summed E-state index contributed by atoms with van der Waals surface area (Å²) in [6, 6.07) is 17.7. The first kappa shape index (κ1) is 19.8. The van der Waals surface area contributed by atoms with Gasteiger partial charge in [0.25, 0.3) is 0 Å². The molecule has 0 saturated carbocycles. The maximum absolute atomic E-state index is 12.1. The molecule has 5 heteroatoms. The summed E-state index contributed by atoms with van der Waals surface area (Å²) in [5.74, 6) is -0.421. The average molecular weight is 425 g/mol. The van der Waals surface area contributed by atoms with Gasteiger partial charge in [-0.25, -0.2) is 0 Å². The number of carbonyl (C=O) groups excluding carboxylic acids is 1. The number of unbranched alkanes of at least 4 members (excludes halogenated alkanes) is 1. The number of fused-ring (bicyclic) bond motifs is 3. The molecule has 0 aliphatic rings. The highest BCUT2D eigenvalue weighted by atomic mass is 35.5. The number of aryl methyl sites for hydroxylation is 1. The number of benzene rings is 3. The first-order chi connectivity index (χ1) is 14.0. The molecule has 1 aromatic heterocycles. The summed E-state index contributed by atoms with van der Waals surface area (Å²) in [7, 11) is 0. The minimum Gasteiger partial charge on any atom is -0.366 e. The Labute approximate surface area is 180 Å². The van der Waals surface area contributed by atoms with Crippen LogP contribution in [0.2, 0.25) is 10.0 Å². The van der Waals surface area contributed by atoms with Crippen molar-refractivity contribution in [2.75, 3.05) is 0 Å². The predicted molar refractivity (Wildman–Crippen MR) is 122 cm³/mol. The van der Waals surface area contributed by atoms with Crippen molar-refractivity contribution < 1.29 is 4.79 Å². The van der Waals surface area contributed by atoms with Crippen LogP contribution >= 0.6 is 23.2 Å². The van der Waals surface area contributed by atoms with E-state index in [9.17, 15) is 4.79 Å². The summed E-state index contributed by atoms with van der Waals surface area (Å²) in [6.07, 6.45) is 3.32. The quantitative estimate of drug-likeness (QED) is 0.372. The molecule has 2 N–H and O–H groups in total. The number of nitrogens with two attached hydrogens (primary N) is 1. The van der Waals surface area contributed by atoms with Crippen LogP contribution in [0.5, 0.6) is 0 Å². The number of carbonyl (C=O) groups is 1. The van der Waals surface area contributed by atoms with Gasteiger partial charge < -0.3 is 10.3 Å². The SMILES string of the molecule is CCCCc1ccc2c3c(C(N)=O)cccc3n(Cc3cc(Cl)cc(Cl)c3)c2c1. The topological polar surface area (TPSA) is 48.0 Å². The Kier molecular flexibility index (Phi) is 5.53. The maximum Gasteiger partial charge on any atom is 0.249 e. The lowest BCUT2D eigenvalue weighted by atomic mass is 10.0. The molecule has 0 spiro atoms. The Morgan fingerprint density at radius 2 is 1.72 bits per heavy atom. The first-order valence-corrected chi connectivity index (χ1v) is 10.5. The van der Waals surface area contributed by atoms with Crippen LogP contribution in [0.1, 0.15) is 41.3 Å². The van der Waals surface area contributed by atoms with Crippen LogP contribution < -0.4 is 5.73 Å². The zero-order valence-electron chi connectivity index (χ0n) is 16.2. The number of rotatable bonds is 6. The predicted octanol–water partition coefficient (Wildman–Crippen LogP) is 6.59. The van der Waals surface area contributed by atoms with Crippen molar-refractivity contribution >= 4 is 50.9 Å². The van der Waals surface area contributed by atoms with Gasteiger partial charge >= 0.3 is 0 Å². The molecular weight excluding hydrogens is 403 g/mol. The lowest BCUT2D eigenvalue weighted by molar-refractivity contribution is 0.100. The second-order valence-corrected chi connectivity index (χ2v) is 8.26. The molecule has 29 heavy (non-hydrogen) atoms. The van der Waals surface area contributed by atoms with Gasteiger partial charge in [-0.05, 0) is 60.4 Å². The monoisotopic (exact) mass is 424 g/mol. The molecule has 0 unspecified atom stereocenters. The fourth-order valence-electron chi connectivity index (χ4n) is 3.99. The lowest BCUT2D eigenvalue weighted by Crippen LogP contribution is -2.11. The van der Waals surface area contributed by atoms with Gasteiger partial charge in [-0.15, -0.1) is 0 Å². The third-order valence-corrected chi connectivity index (χ3v) is 5.74. The minimum absolute atomic E-state index is 0.421. The molecule has 0 atom stereocenters. The molecule has 0 aliphatic heterocycles. The van der Waals surface area contributed by atoms with Crippen LogP contribution in [0.15, 0.2) is 54.6 Å². The van der Waals surface area contributed by atoms with Crippen molar-refractivity contribution in [3.05, 3.63) is 81.3 Å². The molecular formula is C24H22Cl2N2O.